The van der Waals surface area contributed by atoms with Crippen LogP contribution < -0.4 is 16.6 Å². The number of nitrogens with one attached hydrogen (secondary N) is 1. The van der Waals surface area contributed by atoms with Gasteiger partial charge < -0.3 is 9.73 Å². The van der Waals surface area contributed by atoms with Gasteiger partial charge in [0.25, 0.3) is 5.56 Å². The highest BCUT2D eigenvalue weighted by Gasteiger charge is 2.30. The van der Waals surface area contributed by atoms with Gasteiger partial charge in [-0.3, -0.25) is 14.2 Å². The smallest absolute Gasteiger partial charge is 0.416 e. The normalized spacial score (nSPS) is 12.0. The molecule has 0 unspecified atom stereocenters. The van der Waals surface area contributed by atoms with Crippen molar-refractivity contribution in [1.29, 1.82) is 0 Å². The average Bonchev–Trinajstić information content (AvgIpc) is 3.52. The Morgan fingerprint density at radius 3 is 2.56 bits per heavy atom. The lowest BCUT2D eigenvalue weighted by Gasteiger charge is -2.08. The summed E-state index contributed by atoms with van der Waals surface area (Å²) in [4.78, 5) is 38.6. The fourth-order valence-corrected chi connectivity index (χ4v) is 4.34. The molecule has 9 nitrogen and oxygen atoms in total. The fraction of sp³-hybridized carbons (Fsp3) is 0.143. The molecule has 4 aromatic heterocycles. The van der Waals surface area contributed by atoms with Crippen LogP contribution in [0.1, 0.15) is 11.3 Å². The second kappa shape index (κ2) is 8.02. The van der Waals surface area contributed by atoms with Crippen molar-refractivity contribution >= 4 is 38.9 Å². The van der Waals surface area contributed by atoms with E-state index >= 15 is 0 Å². The predicted molar refractivity (Wildman–Crippen MR) is 117 cm³/mol. The molecule has 0 radical (unpaired) electrons. The number of thiophene rings is 1. The standard InChI is InChI=1S/C21H14F3N5O4S/c22-21(23,24)12-3-5-13(6-4-12)25-16(30)11-28-20(32)29-15-7-9-34-17(15)18(31)27(19(29)26-28)10-14-2-1-8-33-14/h1-9H,10-11H2,(H,25,30). The molecule has 0 spiro atoms. The number of rotatable bonds is 5. The van der Waals surface area contributed by atoms with Crippen molar-refractivity contribution in [1.82, 2.24) is 18.7 Å². The first-order chi connectivity index (χ1) is 16.2. The van der Waals surface area contributed by atoms with E-state index in [0.717, 1.165) is 28.9 Å². The number of aromatic nitrogens is 4. The van der Waals surface area contributed by atoms with Gasteiger partial charge in [-0.25, -0.2) is 13.9 Å². The molecule has 0 fully saturated rings. The average molecular weight is 489 g/mol. The van der Waals surface area contributed by atoms with Crippen molar-refractivity contribution in [3.63, 3.8) is 0 Å². The molecule has 0 aliphatic heterocycles. The summed E-state index contributed by atoms with van der Waals surface area (Å²) in [5.41, 5.74) is -1.37. The second-order valence-electron chi connectivity index (χ2n) is 7.30. The molecule has 5 rings (SSSR count). The summed E-state index contributed by atoms with van der Waals surface area (Å²) in [6.45, 7) is -0.487. The Kier molecular flexibility index (Phi) is 5.12. The number of hydrogen-bond donors (Lipinski definition) is 1. The van der Waals surface area contributed by atoms with E-state index in [-0.39, 0.29) is 23.6 Å². The molecule has 34 heavy (non-hydrogen) atoms. The van der Waals surface area contributed by atoms with Crippen LogP contribution in [0.5, 0.6) is 0 Å². The highest BCUT2D eigenvalue weighted by atomic mass is 32.1. The van der Waals surface area contributed by atoms with Crippen LogP contribution in [-0.4, -0.2) is 24.7 Å². The molecular weight excluding hydrogens is 475 g/mol. The topological polar surface area (TPSA) is 104 Å². The molecule has 13 heteroatoms. The number of carbonyl (C=O) groups excluding carboxylic acids is 1. The minimum Gasteiger partial charge on any atom is -0.467 e. The van der Waals surface area contributed by atoms with Crippen LogP contribution in [0.3, 0.4) is 0 Å². The molecular formula is C21H14F3N5O4S. The van der Waals surface area contributed by atoms with Crippen molar-refractivity contribution in [2.45, 2.75) is 19.3 Å². The third-order valence-electron chi connectivity index (χ3n) is 5.07. The van der Waals surface area contributed by atoms with Gasteiger partial charge in [-0.2, -0.15) is 13.2 Å². The summed E-state index contributed by atoms with van der Waals surface area (Å²) in [7, 11) is 0. The third-order valence-corrected chi connectivity index (χ3v) is 5.96. The number of halogens is 3. The lowest BCUT2D eigenvalue weighted by atomic mass is 10.2. The summed E-state index contributed by atoms with van der Waals surface area (Å²) in [6, 6.07) is 8.86. The van der Waals surface area contributed by atoms with Gasteiger partial charge in [0, 0.05) is 5.69 Å². The molecule has 0 bridgehead atoms. The zero-order valence-electron chi connectivity index (χ0n) is 17.1. The lowest BCUT2D eigenvalue weighted by Crippen LogP contribution is -2.29. The van der Waals surface area contributed by atoms with E-state index in [0.29, 0.717) is 16.0 Å². The van der Waals surface area contributed by atoms with Gasteiger partial charge in [0.15, 0.2) is 0 Å². The van der Waals surface area contributed by atoms with Crippen LogP contribution in [0, 0.1) is 0 Å². The summed E-state index contributed by atoms with van der Waals surface area (Å²) < 4.78 is 47.2. The Labute approximate surface area is 191 Å². The van der Waals surface area contributed by atoms with Gasteiger partial charge >= 0.3 is 11.9 Å². The SMILES string of the molecule is O=C(Cn1nc2n(Cc3ccco3)c(=O)c3sccc3n2c1=O)Nc1ccc(C(F)(F)F)cc1. The van der Waals surface area contributed by atoms with E-state index in [9.17, 15) is 27.6 Å². The van der Waals surface area contributed by atoms with Crippen LogP contribution in [0.25, 0.3) is 16.0 Å². The molecule has 4 heterocycles. The largest absolute Gasteiger partial charge is 0.467 e. The van der Waals surface area contributed by atoms with Crippen LogP contribution in [-0.2, 0) is 24.1 Å². The first-order valence-electron chi connectivity index (χ1n) is 9.81. The van der Waals surface area contributed by atoms with E-state index in [1.165, 1.54) is 26.6 Å². The Morgan fingerprint density at radius 2 is 1.88 bits per heavy atom. The third kappa shape index (κ3) is 3.79. The second-order valence-corrected chi connectivity index (χ2v) is 8.22. The summed E-state index contributed by atoms with van der Waals surface area (Å²) in [5, 5.41) is 8.30. The summed E-state index contributed by atoms with van der Waals surface area (Å²) in [6.07, 6.45) is -3.04. The van der Waals surface area contributed by atoms with E-state index < -0.39 is 29.9 Å². The van der Waals surface area contributed by atoms with Crippen molar-refractivity contribution < 1.29 is 22.4 Å². The summed E-state index contributed by atoms with van der Waals surface area (Å²) >= 11 is 1.17. The molecule has 1 aromatic carbocycles. The zero-order valence-corrected chi connectivity index (χ0v) is 17.9. The Balaban J connectivity index is 1.49. The molecule has 0 aliphatic rings. The number of furan rings is 1. The van der Waals surface area contributed by atoms with Crippen LogP contribution in [0.2, 0.25) is 0 Å². The molecule has 1 N–H and O–H groups in total. The van der Waals surface area contributed by atoms with E-state index in [1.54, 1.807) is 23.6 Å². The molecule has 174 valence electrons. The highest BCUT2D eigenvalue weighted by molar-refractivity contribution is 7.17. The van der Waals surface area contributed by atoms with Crippen LogP contribution in [0.15, 0.2) is 68.1 Å². The van der Waals surface area contributed by atoms with E-state index in [2.05, 4.69) is 10.4 Å². The molecule has 1 amide bonds. The number of amides is 1. The molecule has 0 saturated heterocycles. The highest BCUT2D eigenvalue weighted by Crippen LogP contribution is 2.29. The maximum Gasteiger partial charge on any atom is 0.416 e. The summed E-state index contributed by atoms with van der Waals surface area (Å²) in [5.74, 6) is -0.173. The number of hydrogen-bond acceptors (Lipinski definition) is 6. The minimum absolute atomic E-state index is 0.0252. The van der Waals surface area contributed by atoms with Gasteiger partial charge in [0.1, 0.15) is 17.0 Å². The van der Waals surface area contributed by atoms with Crippen LogP contribution in [0.4, 0.5) is 18.9 Å². The van der Waals surface area contributed by atoms with E-state index in [1.807, 2.05) is 0 Å². The number of nitrogens with zero attached hydrogens (tertiary/aromatic N) is 4. The van der Waals surface area contributed by atoms with Gasteiger partial charge in [-0.15, -0.1) is 16.4 Å². The molecule has 0 atom stereocenters. The van der Waals surface area contributed by atoms with Crippen molar-refractivity contribution in [2.24, 2.45) is 0 Å². The number of fused-ring (bicyclic) bond motifs is 3. The van der Waals surface area contributed by atoms with Gasteiger partial charge in [0.2, 0.25) is 11.7 Å². The van der Waals surface area contributed by atoms with Crippen molar-refractivity contribution in [3.8, 4) is 0 Å². The number of carbonyl (C=O) groups is 1. The monoisotopic (exact) mass is 489 g/mol. The first kappa shape index (κ1) is 21.7. The Hall–Kier alpha value is -4.13. The minimum atomic E-state index is -4.50. The molecule has 0 aliphatic carbocycles. The lowest BCUT2D eigenvalue weighted by molar-refractivity contribution is -0.137. The van der Waals surface area contributed by atoms with Crippen LogP contribution >= 0.6 is 11.3 Å². The van der Waals surface area contributed by atoms with Gasteiger partial charge in [0.05, 0.1) is 23.9 Å². The van der Waals surface area contributed by atoms with Gasteiger partial charge in [-0.05, 0) is 47.8 Å². The van der Waals surface area contributed by atoms with Crippen molar-refractivity contribution in [2.75, 3.05) is 5.32 Å². The fourth-order valence-electron chi connectivity index (χ4n) is 3.52. The van der Waals surface area contributed by atoms with Gasteiger partial charge in [-0.1, -0.05) is 0 Å². The number of alkyl halides is 3. The quantitative estimate of drug-likeness (QED) is 0.409. The maximum atomic E-state index is 13.1. The number of anilines is 1. The first-order valence-corrected chi connectivity index (χ1v) is 10.7. The zero-order chi connectivity index (χ0) is 24.0. The Bertz CT molecular complexity index is 1630. The predicted octanol–water partition coefficient (Wildman–Crippen LogP) is 3.17. The molecule has 5 aromatic rings. The van der Waals surface area contributed by atoms with E-state index in [4.69, 9.17) is 4.42 Å². The Morgan fingerprint density at radius 1 is 1.12 bits per heavy atom. The molecule has 0 saturated carbocycles. The number of benzene rings is 1. The van der Waals surface area contributed by atoms with Crippen molar-refractivity contribution in [3.05, 3.63) is 86.3 Å². The maximum absolute atomic E-state index is 13.1.